The van der Waals surface area contributed by atoms with Gasteiger partial charge in [-0.05, 0) is 75.6 Å². The molecule has 0 bridgehead atoms. The van der Waals surface area contributed by atoms with Crippen molar-refractivity contribution in [3.05, 3.63) is 90.8 Å². The second kappa shape index (κ2) is 7.82. The van der Waals surface area contributed by atoms with E-state index in [1.807, 2.05) is 39.8 Å². The van der Waals surface area contributed by atoms with Crippen LogP contribution in [-0.2, 0) is 9.31 Å². The van der Waals surface area contributed by atoms with Gasteiger partial charge in [-0.2, -0.15) is 0 Å². The molecule has 7 rings (SSSR count). The molecule has 6 heteroatoms. The van der Waals surface area contributed by atoms with E-state index in [1.54, 1.807) is 30.3 Å². The van der Waals surface area contributed by atoms with Gasteiger partial charge in [0.05, 0.1) is 33.2 Å². The summed E-state index contributed by atoms with van der Waals surface area (Å²) in [7, 11) is -0.572. The zero-order valence-corrected chi connectivity index (χ0v) is 20.7. The summed E-state index contributed by atoms with van der Waals surface area (Å²) < 4.78 is 87.9. The number of fused-ring (bicyclic) bond motifs is 4. The van der Waals surface area contributed by atoms with Crippen molar-refractivity contribution in [3.63, 3.8) is 0 Å². The molecule has 2 aromatic heterocycles. The van der Waals surface area contributed by atoms with Gasteiger partial charge in [-0.3, -0.25) is 0 Å². The lowest BCUT2D eigenvalue weighted by molar-refractivity contribution is 0.00578. The van der Waals surface area contributed by atoms with Crippen molar-refractivity contribution in [3.8, 4) is 17.1 Å². The van der Waals surface area contributed by atoms with Gasteiger partial charge in [-0.1, -0.05) is 48.4 Å². The fourth-order valence-corrected chi connectivity index (χ4v) is 4.65. The molecule has 0 saturated carbocycles. The lowest BCUT2D eigenvalue weighted by Crippen LogP contribution is -2.41. The van der Waals surface area contributed by atoms with Crippen LogP contribution in [0.25, 0.3) is 50.0 Å². The monoisotopic (exact) mass is 494 g/mol. The predicted molar refractivity (Wildman–Crippen MR) is 149 cm³/mol. The number of nitrogens with zero attached hydrogens (tertiary/aromatic N) is 2. The van der Waals surface area contributed by atoms with E-state index in [1.165, 1.54) is 4.57 Å². The van der Waals surface area contributed by atoms with E-state index >= 15 is 0 Å². The molecule has 1 aliphatic rings. The SMILES string of the molecule is [2H]c1c([2H])c([2H])c2c(c1[2H])c1c([2H])c([2H])c([2H])c([2H])c1n2-c1cccc(-c2nc3cc(B4OC(C)(C)C(C)(C)O4)ccc3o2)c1. The topological polar surface area (TPSA) is 49.4 Å². The Kier molecular flexibility index (Phi) is 3.25. The molecule has 1 saturated heterocycles. The van der Waals surface area contributed by atoms with Crippen molar-refractivity contribution in [1.29, 1.82) is 0 Å². The van der Waals surface area contributed by atoms with Gasteiger partial charge in [0.1, 0.15) is 5.52 Å². The number of rotatable bonds is 3. The Morgan fingerprint density at radius 3 is 2.14 bits per heavy atom. The molecule has 0 radical (unpaired) electrons. The van der Waals surface area contributed by atoms with Crippen LogP contribution < -0.4 is 5.46 Å². The number of aromatic nitrogens is 2. The summed E-state index contributed by atoms with van der Waals surface area (Å²) in [6, 6.07) is 9.04. The fraction of sp³-hybridized carbons (Fsp3) is 0.194. The van der Waals surface area contributed by atoms with Crippen molar-refractivity contribution in [2.24, 2.45) is 0 Å². The molecule has 0 unspecified atom stereocenters. The minimum atomic E-state index is -0.572. The van der Waals surface area contributed by atoms with Crippen LogP contribution in [0.5, 0.6) is 0 Å². The van der Waals surface area contributed by atoms with Crippen molar-refractivity contribution in [1.82, 2.24) is 9.55 Å². The van der Waals surface area contributed by atoms with Gasteiger partial charge in [0.15, 0.2) is 5.58 Å². The van der Waals surface area contributed by atoms with Crippen LogP contribution >= 0.6 is 0 Å². The molecule has 4 aromatic carbocycles. The molecule has 0 atom stereocenters. The third kappa shape index (κ3) is 3.44. The summed E-state index contributed by atoms with van der Waals surface area (Å²) in [5, 5.41) is 0.0380. The Labute approximate surface area is 227 Å². The predicted octanol–water partition coefficient (Wildman–Crippen LogP) is 6.89. The first-order valence-corrected chi connectivity index (χ1v) is 12.0. The molecular weight excluding hydrogens is 459 g/mol. The van der Waals surface area contributed by atoms with Crippen LogP contribution in [0.4, 0.5) is 0 Å². The quantitative estimate of drug-likeness (QED) is 0.252. The maximum Gasteiger partial charge on any atom is 0.494 e. The van der Waals surface area contributed by atoms with Gasteiger partial charge in [-0.15, -0.1) is 0 Å². The molecule has 1 fully saturated rings. The van der Waals surface area contributed by atoms with Gasteiger partial charge in [0.2, 0.25) is 5.89 Å². The summed E-state index contributed by atoms with van der Waals surface area (Å²) >= 11 is 0. The van der Waals surface area contributed by atoms with Crippen molar-refractivity contribution in [2.75, 3.05) is 0 Å². The highest BCUT2D eigenvalue weighted by Crippen LogP contribution is 2.37. The third-order valence-electron chi connectivity index (χ3n) is 7.32. The number of para-hydroxylation sites is 2. The fourth-order valence-electron chi connectivity index (χ4n) is 4.65. The summed E-state index contributed by atoms with van der Waals surface area (Å²) in [4.78, 5) is 4.72. The lowest BCUT2D eigenvalue weighted by atomic mass is 9.79. The highest BCUT2D eigenvalue weighted by molar-refractivity contribution is 6.62. The Bertz CT molecular complexity index is 2150. The smallest absolute Gasteiger partial charge is 0.436 e. The minimum absolute atomic E-state index is 0.0190. The number of hydrogen-bond donors (Lipinski definition) is 0. The summed E-state index contributed by atoms with van der Waals surface area (Å²) in [6.45, 7) is 7.95. The molecular formula is C31H27BN2O3. The van der Waals surface area contributed by atoms with E-state index in [0.717, 1.165) is 5.46 Å². The minimum Gasteiger partial charge on any atom is -0.436 e. The number of oxazole rings is 1. The van der Waals surface area contributed by atoms with Crippen LogP contribution in [0, 0.1) is 0 Å². The zero-order valence-electron chi connectivity index (χ0n) is 28.7. The molecule has 1 aliphatic heterocycles. The number of benzene rings is 4. The first-order valence-electron chi connectivity index (χ1n) is 16.0. The third-order valence-corrected chi connectivity index (χ3v) is 7.32. The van der Waals surface area contributed by atoms with Crippen LogP contribution in [0.3, 0.4) is 0 Å². The summed E-state index contributed by atoms with van der Waals surface area (Å²) in [5.41, 5.74) is 1.97. The van der Waals surface area contributed by atoms with Crippen LogP contribution in [0.1, 0.15) is 38.7 Å². The largest absolute Gasteiger partial charge is 0.494 e. The van der Waals surface area contributed by atoms with E-state index < -0.39 is 42.5 Å². The van der Waals surface area contributed by atoms with E-state index in [0.29, 0.717) is 28.2 Å². The zero-order chi connectivity index (χ0) is 32.3. The first kappa shape index (κ1) is 15.4. The Morgan fingerprint density at radius 1 is 0.811 bits per heavy atom. The maximum absolute atomic E-state index is 8.75. The van der Waals surface area contributed by atoms with E-state index in [2.05, 4.69) is 0 Å². The van der Waals surface area contributed by atoms with E-state index in [-0.39, 0.29) is 46.0 Å². The lowest BCUT2D eigenvalue weighted by Gasteiger charge is -2.32. The number of hydrogen-bond acceptors (Lipinski definition) is 4. The summed E-state index contributed by atoms with van der Waals surface area (Å²) in [6.07, 6.45) is 0. The van der Waals surface area contributed by atoms with Crippen molar-refractivity contribution < 1.29 is 24.7 Å². The van der Waals surface area contributed by atoms with Crippen LogP contribution in [0.15, 0.2) is 95.2 Å². The molecule has 0 N–H and O–H groups in total. The maximum atomic E-state index is 8.75. The molecule has 0 spiro atoms. The highest BCUT2D eigenvalue weighted by Gasteiger charge is 2.51. The second-order valence-electron chi connectivity index (χ2n) is 10.2. The Hall–Kier alpha value is -3.87. The van der Waals surface area contributed by atoms with Gasteiger partial charge >= 0.3 is 7.12 Å². The molecule has 0 aliphatic carbocycles. The van der Waals surface area contributed by atoms with Crippen LogP contribution in [-0.4, -0.2) is 27.9 Å². The average Bonchev–Trinajstić information content (AvgIpc) is 3.66. The summed E-state index contributed by atoms with van der Waals surface area (Å²) in [5.74, 6) is 0.294. The van der Waals surface area contributed by atoms with Gasteiger partial charge in [0, 0.05) is 22.0 Å². The first-order chi connectivity index (χ1) is 21.1. The molecule has 182 valence electrons. The Morgan fingerprint density at radius 2 is 1.46 bits per heavy atom. The van der Waals surface area contributed by atoms with E-state index in [9.17, 15) is 0 Å². The highest BCUT2D eigenvalue weighted by atomic mass is 16.7. The van der Waals surface area contributed by atoms with Crippen molar-refractivity contribution >= 4 is 45.5 Å². The standard InChI is InChI=1S/C31H27BN2O3/c1-30(2)31(3,4)37-32(36-30)21-16-17-28-25(19-21)33-29(35-28)20-10-9-11-22(18-20)34-26-14-7-5-12-23(26)24-13-6-8-15-27(24)34/h5-19H,1-4H3/i5D,6D,7D,8D,12D,13D,14D,15D. The second-order valence-corrected chi connectivity index (χ2v) is 10.2. The van der Waals surface area contributed by atoms with Crippen LogP contribution in [0.2, 0.25) is 0 Å². The van der Waals surface area contributed by atoms with Gasteiger partial charge in [-0.25, -0.2) is 4.98 Å². The van der Waals surface area contributed by atoms with Gasteiger partial charge in [0.25, 0.3) is 0 Å². The molecule has 3 heterocycles. The molecule has 6 aromatic rings. The molecule has 5 nitrogen and oxygen atoms in total. The average molecular weight is 494 g/mol. The van der Waals surface area contributed by atoms with E-state index in [4.69, 9.17) is 29.7 Å². The molecule has 37 heavy (non-hydrogen) atoms. The van der Waals surface area contributed by atoms with Crippen molar-refractivity contribution in [2.45, 2.75) is 38.9 Å². The van der Waals surface area contributed by atoms with Gasteiger partial charge < -0.3 is 18.3 Å². The normalized spacial score (nSPS) is 19.8. The Balaban J connectivity index is 1.41. The molecule has 0 amide bonds.